The van der Waals surface area contributed by atoms with E-state index >= 15 is 0 Å². The van der Waals surface area contributed by atoms with Crippen LogP contribution in [0.1, 0.15) is 19.8 Å². The van der Waals surface area contributed by atoms with Crippen LogP contribution in [-0.2, 0) is 24.0 Å². The third kappa shape index (κ3) is 32.9. The molecule has 1 unspecified atom stereocenters. The predicted octanol–water partition coefficient (Wildman–Crippen LogP) is -19.4. The Morgan fingerprint density at radius 1 is 0.962 bits per heavy atom. The van der Waals surface area contributed by atoms with Gasteiger partial charge < -0.3 is 54.9 Å². The van der Waals surface area contributed by atoms with Gasteiger partial charge >= 0.3 is 124 Å². The number of carboxylic acids is 4. The molecule has 12 nitrogen and oxygen atoms in total. The molecule has 0 spiro atoms. The Balaban J connectivity index is -0.0000000479. The van der Waals surface area contributed by atoms with Gasteiger partial charge in [-0.1, -0.05) is 0 Å². The maximum absolute atomic E-state index is 10.3. The van der Waals surface area contributed by atoms with Crippen molar-refractivity contribution in [1.82, 2.24) is 0 Å². The Morgan fingerprint density at radius 3 is 1.23 bits per heavy atom. The van der Waals surface area contributed by atoms with Crippen LogP contribution < -0.4 is 139 Å². The van der Waals surface area contributed by atoms with Crippen LogP contribution in [0.5, 0.6) is 0 Å². The number of carbonyl (C=O) groups excluding carboxylic acids is 4. The van der Waals surface area contributed by atoms with Crippen molar-refractivity contribution in [3.8, 4) is 0 Å². The zero-order chi connectivity index (χ0) is 18.5. The van der Waals surface area contributed by atoms with Gasteiger partial charge in [0, 0.05) is 31.3 Å². The van der Waals surface area contributed by atoms with Gasteiger partial charge in [0.15, 0.2) is 5.60 Å². The summed E-state index contributed by atoms with van der Waals surface area (Å²) in [7, 11) is 0. The van der Waals surface area contributed by atoms with Crippen LogP contribution in [0.25, 0.3) is 0 Å². The number of aliphatic hydroxyl groups is 2. The molecule has 0 heterocycles. The normalized spacial score (nSPS) is 9.04. The van der Waals surface area contributed by atoms with E-state index in [9.17, 15) is 34.5 Å². The van der Waals surface area contributed by atoms with Crippen molar-refractivity contribution in [1.29, 1.82) is 0 Å². The molecule has 0 aromatic rings. The van der Waals surface area contributed by atoms with Crippen molar-refractivity contribution in [2.75, 3.05) is 0 Å². The zero-order valence-electron chi connectivity index (χ0n) is 15.1. The number of rotatable bonds is 6. The van der Waals surface area contributed by atoms with E-state index in [0.717, 1.165) is 6.92 Å². The molecule has 0 amide bonds. The van der Waals surface area contributed by atoms with Crippen LogP contribution in [0.2, 0.25) is 0 Å². The van der Waals surface area contributed by atoms with Gasteiger partial charge in [0.25, 0.3) is 0 Å². The van der Waals surface area contributed by atoms with Crippen LogP contribution in [0, 0.1) is 0 Å². The fourth-order valence-electron chi connectivity index (χ4n) is 0.691. The molecule has 0 rings (SSSR count). The minimum Gasteiger partial charge on any atom is -0.554 e. The minimum atomic E-state index is -2.86. The second-order valence-electron chi connectivity index (χ2n) is 3.53. The van der Waals surface area contributed by atoms with E-state index in [1.165, 1.54) is 0 Å². The number of carbonyl (C=O) groups is 5. The first kappa shape index (κ1) is 45.8. The van der Waals surface area contributed by atoms with Gasteiger partial charge in [-0.2, -0.15) is 0 Å². The van der Waals surface area contributed by atoms with Crippen LogP contribution >= 0.6 is 0 Å². The van der Waals surface area contributed by atoms with Crippen molar-refractivity contribution in [3.63, 3.8) is 0 Å². The van der Waals surface area contributed by atoms with Crippen molar-refractivity contribution >= 4 is 30.3 Å². The summed E-state index contributed by atoms with van der Waals surface area (Å²) in [5, 5.41) is 62.7. The van der Waals surface area contributed by atoms with Gasteiger partial charge in [-0.25, -0.2) is 4.79 Å². The number of carboxylic acid groups (broad SMARTS) is 5. The van der Waals surface area contributed by atoms with E-state index in [1.54, 1.807) is 0 Å². The third-order valence-corrected chi connectivity index (χ3v) is 1.61. The molecule has 0 aromatic heterocycles. The van der Waals surface area contributed by atoms with Crippen LogP contribution in [-0.4, -0.2) is 57.4 Å². The summed E-state index contributed by atoms with van der Waals surface area (Å²) in [5.74, 6) is -7.09. The Kier molecular flexibility index (Phi) is 46.3. The van der Waals surface area contributed by atoms with Crippen molar-refractivity contribution in [2.45, 2.75) is 31.5 Å². The smallest absolute Gasteiger partial charge is 0.554 e. The first-order chi connectivity index (χ1) is 9.83. The minimum absolute atomic E-state index is 0. The summed E-state index contributed by atoms with van der Waals surface area (Å²) in [6.07, 6.45) is -3.93. The summed E-state index contributed by atoms with van der Waals surface area (Å²) >= 11 is 0. The van der Waals surface area contributed by atoms with Crippen molar-refractivity contribution < 1.29 is 178 Å². The molecular weight excluding hydrogens is 404 g/mol. The SMILES string of the molecule is CC(O)C(=O)[O-].O=C([O-])CC(O)(CC(=O)[O-])C(=O)O.O=C[O-].[Na+].[Na+].[Na+].[Na+]. The van der Waals surface area contributed by atoms with E-state index < -0.39 is 54.9 Å². The Bertz CT molecular complexity index is 399. The second-order valence-corrected chi connectivity index (χ2v) is 3.53. The number of hydrogen-bond acceptors (Lipinski definition) is 11. The Hall–Kier alpha value is 1.27. The van der Waals surface area contributed by atoms with E-state index in [2.05, 4.69) is 0 Å². The molecule has 0 saturated carbocycles. The van der Waals surface area contributed by atoms with Crippen molar-refractivity contribution in [3.05, 3.63) is 0 Å². The molecule has 0 aliphatic rings. The maximum Gasteiger partial charge on any atom is 1.00 e. The summed E-state index contributed by atoms with van der Waals surface area (Å²) in [4.78, 5) is 47.8. The van der Waals surface area contributed by atoms with Gasteiger partial charge in [-0.15, -0.1) is 0 Å². The van der Waals surface area contributed by atoms with E-state index in [-0.39, 0.29) is 118 Å². The predicted molar refractivity (Wildman–Crippen MR) is 54.6 cm³/mol. The number of aliphatic carboxylic acids is 4. The van der Waals surface area contributed by atoms with E-state index in [1.807, 2.05) is 0 Å². The summed E-state index contributed by atoms with van der Waals surface area (Å²) in [5.41, 5.74) is -2.86. The van der Waals surface area contributed by atoms with Crippen LogP contribution in [0.3, 0.4) is 0 Å². The van der Waals surface area contributed by atoms with Crippen LogP contribution in [0.4, 0.5) is 0 Å². The molecule has 26 heavy (non-hydrogen) atoms. The van der Waals surface area contributed by atoms with Gasteiger partial charge in [-0.05, 0) is 6.92 Å². The molecule has 16 heteroatoms. The van der Waals surface area contributed by atoms with Gasteiger partial charge in [0.1, 0.15) is 0 Å². The van der Waals surface area contributed by atoms with Gasteiger partial charge in [0.2, 0.25) is 0 Å². The summed E-state index contributed by atoms with van der Waals surface area (Å²) < 4.78 is 0. The molecule has 1 atom stereocenters. The number of hydrogen-bond donors (Lipinski definition) is 3. The van der Waals surface area contributed by atoms with Crippen LogP contribution in [0.15, 0.2) is 0 Å². The molecule has 0 aromatic carbocycles. The standard InChI is InChI=1S/C6H8O7.C3H6O3.CH2O2.4Na/c7-3(8)1-6(13,5(11)12)2-4(9)10;1-2(4)3(5)6;2-1-3;;;;/h13H,1-2H2,(H,7,8)(H,9,10)(H,11,12);2,4H,1H3,(H,5,6);1H,(H,2,3);;;;/q;;;4*+1/p-4. The Morgan fingerprint density at radius 2 is 1.15 bits per heavy atom. The monoisotopic (exact) mass is 416 g/mol. The van der Waals surface area contributed by atoms with Gasteiger partial charge in [0.05, 0.1) is 12.1 Å². The molecule has 0 aliphatic heterocycles. The molecule has 0 radical (unpaired) electrons. The topological polar surface area (TPSA) is 238 Å². The molecule has 0 fully saturated rings. The molecular formula is C10H12Na4O12. The fourth-order valence-corrected chi connectivity index (χ4v) is 0.691. The van der Waals surface area contributed by atoms with E-state index in [4.69, 9.17) is 25.2 Å². The molecule has 0 aliphatic carbocycles. The number of aliphatic hydroxyl groups excluding tert-OH is 1. The van der Waals surface area contributed by atoms with Crippen molar-refractivity contribution in [2.24, 2.45) is 0 Å². The third-order valence-electron chi connectivity index (χ3n) is 1.61. The second kappa shape index (κ2) is 26.3. The summed E-state index contributed by atoms with van der Waals surface area (Å²) in [6.45, 7) is 0.634. The molecule has 3 N–H and O–H groups in total. The summed E-state index contributed by atoms with van der Waals surface area (Å²) in [6, 6.07) is 0. The van der Waals surface area contributed by atoms with E-state index in [0.29, 0.717) is 0 Å². The first-order valence-electron chi connectivity index (χ1n) is 5.14. The quantitative estimate of drug-likeness (QED) is 0.270. The molecule has 0 saturated heterocycles. The first-order valence-corrected chi connectivity index (χ1v) is 5.14. The zero-order valence-corrected chi connectivity index (χ0v) is 23.1. The average molecular weight is 416 g/mol. The molecule has 0 bridgehead atoms. The fraction of sp³-hybridized carbons (Fsp3) is 0.500. The largest absolute Gasteiger partial charge is 1.00 e. The molecule has 128 valence electrons. The Labute approximate surface area is 236 Å². The average Bonchev–Trinajstić information content (AvgIpc) is 2.27. The van der Waals surface area contributed by atoms with Gasteiger partial charge in [-0.3, -0.25) is 0 Å². The maximum atomic E-state index is 10.3.